The Morgan fingerprint density at radius 2 is 1.95 bits per heavy atom. The molecular formula is C16H23NO4. The topological polar surface area (TPSA) is 75.6 Å². The van der Waals surface area contributed by atoms with E-state index >= 15 is 0 Å². The van der Waals surface area contributed by atoms with Gasteiger partial charge in [-0.15, -0.1) is 0 Å². The Morgan fingerprint density at radius 3 is 2.57 bits per heavy atom. The van der Waals surface area contributed by atoms with Crippen LogP contribution in [0, 0.1) is 0 Å². The minimum absolute atomic E-state index is 0.0723. The number of hydrogen-bond acceptors (Lipinski definition) is 4. The Kier molecular flexibility index (Phi) is 8.12. The first-order chi connectivity index (χ1) is 10.1. The maximum absolute atomic E-state index is 11.7. The van der Waals surface area contributed by atoms with E-state index in [4.69, 9.17) is 9.84 Å². The lowest BCUT2D eigenvalue weighted by Gasteiger charge is -2.16. The quantitative estimate of drug-likeness (QED) is 0.511. The van der Waals surface area contributed by atoms with Crippen molar-refractivity contribution < 1.29 is 19.4 Å². The molecule has 1 rings (SSSR count). The van der Waals surface area contributed by atoms with Crippen LogP contribution in [-0.2, 0) is 20.9 Å². The second-order valence-corrected chi connectivity index (χ2v) is 4.94. The summed E-state index contributed by atoms with van der Waals surface area (Å²) in [5.74, 6) is -1.28. The van der Waals surface area contributed by atoms with Crippen molar-refractivity contribution in [3.63, 3.8) is 0 Å². The average Bonchev–Trinajstić information content (AvgIpc) is 2.45. The average molecular weight is 293 g/mol. The molecule has 0 unspecified atom stereocenters. The van der Waals surface area contributed by atoms with Crippen molar-refractivity contribution in [3.05, 3.63) is 35.9 Å². The molecule has 21 heavy (non-hydrogen) atoms. The highest BCUT2D eigenvalue weighted by molar-refractivity contribution is 5.73. The number of carboxylic acid groups (broad SMARTS) is 1. The lowest BCUT2D eigenvalue weighted by atomic mass is 10.1. The molecule has 0 saturated carbocycles. The molecule has 5 heteroatoms. The molecule has 1 aromatic carbocycles. The molecule has 0 aromatic heterocycles. The number of hydrogen-bond donors (Lipinski definition) is 2. The van der Waals surface area contributed by atoms with Gasteiger partial charge in [0.2, 0.25) is 0 Å². The van der Waals surface area contributed by atoms with E-state index in [9.17, 15) is 9.59 Å². The molecule has 0 aliphatic heterocycles. The molecule has 0 aliphatic carbocycles. The summed E-state index contributed by atoms with van der Waals surface area (Å²) in [5, 5.41) is 12.0. The second kappa shape index (κ2) is 9.94. The van der Waals surface area contributed by atoms with Crippen LogP contribution in [0.25, 0.3) is 0 Å². The van der Waals surface area contributed by atoms with E-state index in [-0.39, 0.29) is 18.8 Å². The fourth-order valence-electron chi connectivity index (χ4n) is 1.88. The molecule has 1 atom stereocenters. The summed E-state index contributed by atoms with van der Waals surface area (Å²) < 4.78 is 5.07. The van der Waals surface area contributed by atoms with Gasteiger partial charge in [0.25, 0.3) is 0 Å². The third-order valence-corrected chi connectivity index (χ3v) is 3.03. The SMILES string of the molecule is CCCCOC(=O)C[C@@H](CC(=O)O)NCc1ccccc1. The maximum atomic E-state index is 11.7. The van der Waals surface area contributed by atoms with Gasteiger partial charge in [-0.3, -0.25) is 9.59 Å². The normalized spacial score (nSPS) is 11.9. The Balaban J connectivity index is 2.43. The summed E-state index contributed by atoms with van der Waals surface area (Å²) >= 11 is 0. The largest absolute Gasteiger partial charge is 0.481 e. The molecule has 0 aliphatic rings. The number of ether oxygens (including phenoxy) is 1. The number of aliphatic carboxylic acids is 1. The van der Waals surface area contributed by atoms with Gasteiger partial charge < -0.3 is 15.2 Å². The Hall–Kier alpha value is -1.88. The summed E-state index contributed by atoms with van der Waals surface area (Å²) in [4.78, 5) is 22.5. The number of nitrogens with one attached hydrogen (secondary N) is 1. The van der Waals surface area contributed by atoms with E-state index in [0.29, 0.717) is 13.2 Å². The van der Waals surface area contributed by atoms with Crippen LogP contribution in [0.5, 0.6) is 0 Å². The van der Waals surface area contributed by atoms with Crippen LogP contribution in [0.2, 0.25) is 0 Å². The Bertz CT molecular complexity index is 433. The predicted molar refractivity (Wildman–Crippen MR) is 79.8 cm³/mol. The summed E-state index contributed by atoms with van der Waals surface area (Å²) in [6.07, 6.45) is 1.75. The molecule has 0 amide bonds. The van der Waals surface area contributed by atoms with Crippen LogP contribution in [0.4, 0.5) is 0 Å². The van der Waals surface area contributed by atoms with Crippen LogP contribution >= 0.6 is 0 Å². The molecular weight excluding hydrogens is 270 g/mol. The minimum Gasteiger partial charge on any atom is -0.481 e. The summed E-state index contributed by atoms with van der Waals surface area (Å²) in [6.45, 7) is 2.94. The first-order valence-corrected chi connectivity index (χ1v) is 7.26. The summed E-state index contributed by atoms with van der Waals surface area (Å²) in [7, 11) is 0. The minimum atomic E-state index is -0.929. The highest BCUT2D eigenvalue weighted by atomic mass is 16.5. The van der Waals surface area contributed by atoms with Crippen molar-refractivity contribution in [1.29, 1.82) is 0 Å². The third kappa shape index (κ3) is 8.09. The van der Waals surface area contributed by atoms with Gasteiger partial charge in [0.15, 0.2) is 0 Å². The maximum Gasteiger partial charge on any atom is 0.307 e. The van der Waals surface area contributed by atoms with E-state index in [1.54, 1.807) is 0 Å². The molecule has 0 heterocycles. The second-order valence-electron chi connectivity index (χ2n) is 4.94. The third-order valence-electron chi connectivity index (χ3n) is 3.03. The highest BCUT2D eigenvalue weighted by Crippen LogP contribution is 2.05. The Morgan fingerprint density at radius 1 is 1.24 bits per heavy atom. The van der Waals surface area contributed by atoms with E-state index < -0.39 is 12.0 Å². The van der Waals surface area contributed by atoms with Crippen molar-refractivity contribution >= 4 is 11.9 Å². The van der Waals surface area contributed by atoms with Gasteiger partial charge in [-0.05, 0) is 12.0 Å². The highest BCUT2D eigenvalue weighted by Gasteiger charge is 2.17. The number of rotatable bonds is 10. The predicted octanol–water partition coefficient (Wildman–Crippen LogP) is 2.35. The fraction of sp³-hybridized carbons (Fsp3) is 0.500. The number of benzene rings is 1. The molecule has 116 valence electrons. The fourth-order valence-corrected chi connectivity index (χ4v) is 1.88. The van der Waals surface area contributed by atoms with E-state index in [1.807, 2.05) is 37.3 Å². The van der Waals surface area contributed by atoms with Gasteiger partial charge in [-0.2, -0.15) is 0 Å². The molecule has 1 aromatic rings. The number of unbranched alkanes of at least 4 members (excludes halogenated alkanes) is 1. The lowest BCUT2D eigenvalue weighted by Crippen LogP contribution is -2.33. The molecule has 0 bridgehead atoms. The molecule has 2 N–H and O–H groups in total. The number of carboxylic acids is 1. The molecule has 0 saturated heterocycles. The van der Waals surface area contributed by atoms with Crippen molar-refractivity contribution in [3.8, 4) is 0 Å². The zero-order chi connectivity index (χ0) is 15.5. The number of esters is 1. The first kappa shape index (κ1) is 17.2. The van der Waals surface area contributed by atoms with Gasteiger partial charge in [0.05, 0.1) is 19.4 Å². The van der Waals surface area contributed by atoms with Gasteiger partial charge >= 0.3 is 11.9 Å². The zero-order valence-corrected chi connectivity index (χ0v) is 12.4. The van der Waals surface area contributed by atoms with Crippen LogP contribution in [-0.4, -0.2) is 29.7 Å². The van der Waals surface area contributed by atoms with Crippen LogP contribution in [0.1, 0.15) is 38.2 Å². The van der Waals surface area contributed by atoms with Gasteiger partial charge in [-0.1, -0.05) is 43.7 Å². The van der Waals surface area contributed by atoms with Crippen LogP contribution in [0.15, 0.2) is 30.3 Å². The number of carbonyl (C=O) groups is 2. The Labute approximate surface area is 125 Å². The van der Waals surface area contributed by atoms with Crippen LogP contribution < -0.4 is 5.32 Å². The number of carbonyl (C=O) groups excluding carboxylic acids is 1. The molecule has 0 radical (unpaired) electrons. The smallest absolute Gasteiger partial charge is 0.307 e. The van der Waals surface area contributed by atoms with Gasteiger partial charge in [0.1, 0.15) is 0 Å². The molecule has 0 fully saturated rings. The standard InChI is InChI=1S/C16H23NO4/c1-2-3-9-21-16(20)11-14(10-15(18)19)17-12-13-7-5-4-6-8-13/h4-8,14,17H,2-3,9-12H2,1H3,(H,18,19)/t14-/m1/s1. The lowest BCUT2D eigenvalue weighted by molar-refractivity contribution is -0.144. The monoisotopic (exact) mass is 293 g/mol. The molecule has 0 spiro atoms. The molecule has 5 nitrogen and oxygen atoms in total. The summed E-state index contributed by atoms with van der Waals surface area (Å²) in [6, 6.07) is 9.24. The van der Waals surface area contributed by atoms with Crippen LogP contribution in [0.3, 0.4) is 0 Å². The van der Waals surface area contributed by atoms with Crippen molar-refractivity contribution in [1.82, 2.24) is 5.32 Å². The van der Waals surface area contributed by atoms with Crippen molar-refractivity contribution in [2.24, 2.45) is 0 Å². The van der Waals surface area contributed by atoms with E-state index in [2.05, 4.69) is 5.32 Å². The van der Waals surface area contributed by atoms with Gasteiger partial charge in [0, 0.05) is 12.6 Å². The van der Waals surface area contributed by atoms with E-state index in [0.717, 1.165) is 18.4 Å². The van der Waals surface area contributed by atoms with Gasteiger partial charge in [-0.25, -0.2) is 0 Å². The first-order valence-electron chi connectivity index (χ1n) is 7.26. The van der Waals surface area contributed by atoms with E-state index in [1.165, 1.54) is 0 Å². The van der Waals surface area contributed by atoms with Crippen molar-refractivity contribution in [2.45, 2.75) is 45.2 Å². The van der Waals surface area contributed by atoms with Crippen molar-refractivity contribution in [2.75, 3.05) is 6.61 Å². The summed E-state index contributed by atoms with van der Waals surface area (Å²) in [5.41, 5.74) is 1.05. The zero-order valence-electron chi connectivity index (χ0n) is 12.4.